The van der Waals surface area contributed by atoms with Gasteiger partial charge in [0.2, 0.25) is 0 Å². The first-order chi connectivity index (χ1) is 34.7. The van der Waals surface area contributed by atoms with Gasteiger partial charge in [0.25, 0.3) is 0 Å². The van der Waals surface area contributed by atoms with Gasteiger partial charge in [-0.2, -0.15) is 0 Å². The highest BCUT2D eigenvalue weighted by Gasteiger charge is 2.46. The maximum absolute atomic E-state index is 16.0. The van der Waals surface area contributed by atoms with Crippen molar-refractivity contribution in [3.8, 4) is 50.6 Å². The van der Waals surface area contributed by atoms with E-state index in [1.54, 1.807) is 0 Å². The van der Waals surface area contributed by atoms with Crippen molar-refractivity contribution in [1.29, 1.82) is 0 Å². The molecule has 0 spiro atoms. The van der Waals surface area contributed by atoms with Gasteiger partial charge in [-0.05, 0) is 161 Å². The molecule has 3 N–H and O–H groups in total. The molecule has 0 heterocycles. The Morgan fingerprint density at radius 2 is 0.429 bits per heavy atom. The normalized spacial score (nSPS) is 13.8. The van der Waals surface area contributed by atoms with Crippen molar-refractivity contribution in [2.24, 2.45) is 0 Å². The molecule has 0 aliphatic heterocycles. The number of phosphoric ester groups is 1. The molecular weight excluding hydrogens is 972 g/mol. The minimum Gasteiger partial charge on any atom is -0.507 e. The summed E-state index contributed by atoms with van der Waals surface area (Å²) in [5, 5.41) is 34.5. The summed E-state index contributed by atoms with van der Waals surface area (Å²) >= 11 is 0. The van der Waals surface area contributed by atoms with Gasteiger partial charge in [0, 0.05) is 33.4 Å². The largest absolute Gasteiger partial charge is 0.507 e. The summed E-state index contributed by atoms with van der Waals surface area (Å²) in [6, 6.07) is 36.7. The Kier molecular flexibility index (Phi) is 16.2. The topological polar surface area (TPSA) is 105 Å². The van der Waals surface area contributed by atoms with E-state index in [4.69, 9.17) is 13.6 Å². The molecule has 0 radical (unpaired) electrons. The van der Waals surface area contributed by atoms with Crippen molar-refractivity contribution in [2.45, 2.75) is 215 Å². The molecular formula is C69H93O7P. The van der Waals surface area contributed by atoms with Crippen LogP contribution in [-0.2, 0) is 67.4 Å². The summed E-state index contributed by atoms with van der Waals surface area (Å²) in [7, 11) is -4.54. The fraction of sp³-hybridized carbons (Fsp3) is 0.478. The monoisotopic (exact) mass is 1060 g/mol. The molecule has 0 saturated carbocycles. The van der Waals surface area contributed by atoms with E-state index in [1.165, 1.54) is 0 Å². The van der Waals surface area contributed by atoms with E-state index in [0.29, 0.717) is 17.2 Å². The van der Waals surface area contributed by atoms with Crippen molar-refractivity contribution in [1.82, 2.24) is 0 Å². The molecule has 0 bridgehead atoms. The molecule has 7 nitrogen and oxygen atoms in total. The molecule has 416 valence electrons. The Balaban J connectivity index is 1.41. The second-order valence-corrected chi connectivity index (χ2v) is 30.7. The summed E-state index contributed by atoms with van der Waals surface area (Å²) in [4.78, 5) is 0. The van der Waals surface area contributed by atoms with Gasteiger partial charge >= 0.3 is 7.82 Å². The maximum Gasteiger partial charge on any atom is 0.477 e. The predicted molar refractivity (Wildman–Crippen MR) is 323 cm³/mol. The molecule has 0 fully saturated rings. The van der Waals surface area contributed by atoms with E-state index in [1.807, 2.05) is 114 Å². The quantitative estimate of drug-likeness (QED) is 0.105. The summed E-state index contributed by atoms with van der Waals surface area (Å²) in [6.45, 7) is 49.3. The third-order valence-corrected chi connectivity index (χ3v) is 17.0. The third kappa shape index (κ3) is 13.6. The molecule has 0 saturated heterocycles. The number of benzene rings is 6. The summed E-state index contributed by atoms with van der Waals surface area (Å²) in [6.07, 6.45) is 0. The summed E-state index contributed by atoms with van der Waals surface area (Å²) in [5.41, 5.74) is 8.17. The van der Waals surface area contributed by atoms with Gasteiger partial charge in [-0.15, -0.1) is 0 Å². The third-order valence-electron chi connectivity index (χ3n) is 14.9. The predicted octanol–water partition coefficient (Wildman–Crippen LogP) is 19.9. The van der Waals surface area contributed by atoms with Crippen LogP contribution in [0.1, 0.15) is 216 Å². The lowest BCUT2D eigenvalue weighted by Gasteiger charge is -2.38. The van der Waals surface area contributed by atoms with Crippen LogP contribution in [-0.4, -0.2) is 15.3 Å². The van der Waals surface area contributed by atoms with Crippen LogP contribution in [0.15, 0.2) is 109 Å². The fourth-order valence-electron chi connectivity index (χ4n) is 10.1. The first kappa shape index (κ1) is 61.0. The summed E-state index contributed by atoms with van der Waals surface area (Å²) in [5.74, 6) is 0.991. The first-order valence-corrected chi connectivity index (χ1v) is 28.9. The van der Waals surface area contributed by atoms with E-state index < -0.39 is 24.6 Å². The molecule has 0 aliphatic carbocycles. The second-order valence-electron chi connectivity index (χ2n) is 29.2. The van der Waals surface area contributed by atoms with E-state index in [2.05, 4.69) is 161 Å². The highest BCUT2D eigenvalue weighted by atomic mass is 31.2. The minimum atomic E-state index is -4.54. The number of phenolic OH excluding ortho intramolecular Hbond substituents is 3. The fourth-order valence-corrected chi connectivity index (χ4v) is 12.2. The lowest BCUT2D eigenvalue weighted by Crippen LogP contribution is -2.30. The van der Waals surface area contributed by atoms with Gasteiger partial charge < -0.3 is 15.3 Å². The van der Waals surface area contributed by atoms with Gasteiger partial charge in [-0.1, -0.05) is 197 Å². The molecule has 8 heteroatoms. The van der Waals surface area contributed by atoms with Gasteiger partial charge in [-0.25, -0.2) is 4.57 Å². The minimum absolute atomic E-state index is 0.291. The number of phosphoric acid groups is 1. The van der Waals surface area contributed by atoms with E-state index >= 15 is 4.57 Å². The lowest BCUT2D eigenvalue weighted by molar-refractivity contribution is -0.0463. The van der Waals surface area contributed by atoms with Gasteiger partial charge in [0.15, 0.2) is 0 Å². The molecule has 77 heavy (non-hydrogen) atoms. The summed E-state index contributed by atoms with van der Waals surface area (Å²) < 4.78 is 36.5. The van der Waals surface area contributed by atoms with Crippen molar-refractivity contribution in [3.05, 3.63) is 159 Å². The zero-order valence-electron chi connectivity index (χ0n) is 51.3. The highest BCUT2D eigenvalue weighted by Crippen LogP contribution is 2.62. The van der Waals surface area contributed by atoms with Crippen LogP contribution in [0.5, 0.6) is 17.2 Å². The maximum atomic E-state index is 16.0. The molecule has 0 atom stereocenters. The number of hydrogen-bond donors (Lipinski definition) is 3. The Morgan fingerprint density at radius 3 is 0.571 bits per heavy atom. The first-order valence-electron chi connectivity index (χ1n) is 27.4. The molecule has 0 unspecified atom stereocenters. The van der Waals surface area contributed by atoms with Crippen LogP contribution in [0, 0.1) is 0 Å². The number of rotatable bonds is 12. The molecule has 6 aromatic carbocycles. The van der Waals surface area contributed by atoms with Gasteiger partial charge in [0.1, 0.15) is 17.2 Å². The van der Waals surface area contributed by atoms with Gasteiger partial charge in [-0.3, -0.25) is 13.6 Å². The number of phenols is 3. The smallest absolute Gasteiger partial charge is 0.477 e. The number of hydrogen-bond acceptors (Lipinski definition) is 7. The Morgan fingerprint density at radius 1 is 0.273 bits per heavy atom. The average Bonchev–Trinajstić information content (AvgIpc) is 3.26. The molecule has 0 aliphatic rings. The zero-order valence-corrected chi connectivity index (χ0v) is 52.2. The second kappa shape index (κ2) is 20.5. The van der Waals surface area contributed by atoms with E-state index in [9.17, 15) is 15.3 Å². The van der Waals surface area contributed by atoms with Crippen molar-refractivity contribution in [2.75, 3.05) is 0 Å². The SMILES string of the molecule is CC(C)(C)c1cc(-c2ccc(C(C)(C)OP(=O)(OC(C)(C)c3ccc(-c4cc(C(C)(C)C)c(O)c(C(C)(C)C)c4)cc3)OC(C)(C)c3ccc(-c4cc(C(C)(C)C)c(O)c(C(C)(C)C)c4)cc3)cc2)cc(C(C)(C)C)c1O. The van der Waals surface area contributed by atoms with Crippen molar-refractivity contribution < 1.29 is 33.5 Å². The molecule has 6 aromatic rings. The van der Waals surface area contributed by atoms with Crippen LogP contribution in [0.2, 0.25) is 0 Å². The zero-order chi connectivity index (χ0) is 58.2. The van der Waals surface area contributed by atoms with Crippen molar-refractivity contribution in [3.63, 3.8) is 0 Å². The Hall–Kier alpha value is -5.17. The lowest BCUT2D eigenvalue weighted by atomic mass is 9.77. The van der Waals surface area contributed by atoms with Gasteiger partial charge in [0.05, 0.1) is 16.8 Å². The van der Waals surface area contributed by atoms with Crippen molar-refractivity contribution >= 4 is 7.82 Å². The Bertz CT molecular complexity index is 2700. The standard InChI is InChI=1S/C69H93O7P/c1-61(2,3)52-37-46(38-53(58(52)70)62(4,5)6)43-25-31-49(32-26-43)67(19,20)74-77(73,75-68(21,22)50-33-27-44(28-34-50)47-39-54(63(7,8)9)59(71)55(40-47)64(10,11)12)76-69(23,24)51-35-29-45(30-36-51)48-41-56(65(13,14)15)60(72)57(42-48)66(16,17)18/h25-42,70-72H,1-24H3. The molecule has 0 amide bonds. The molecule has 6 rings (SSSR count). The average molecular weight is 1070 g/mol. The van der Waals surface area contributed by atoms with Crippen LogP contribution in [0.3, 0.4) is 0 Å². The Labute approximate surface area is 464 Å². The van der Waals surface area contributed by atoms with Crippen LogP contribution in [0.25, 0.3) is 33.4 Å². The van der Waals surface area contributed by atoms with Crippen LogP contribution in [0.4, 0.5) is 0 Å². The number of aromatic hydroxyl groups is 3. The van der Waals surface area contributed by atoms with Crippen LogP contribution < -0.4 is 0 Å². The highest BCUT2D eigenvalue weighted by molar-refractivity contribution is 7.48. The van der Waals surface area contributed by atoms with E-state index in [0.717, 1.165) is 83.5 Å². The molecule has 0 aromatic heterocycles. The van der Waals surface area contributed by atoms with Crippen LogP contribution >= 0.6 is 7.82 Å². The van der Waals surface area contributed by atoms with E-state index in [-0.39, 0.29) is 32.5 Å².